The number of hydrogen-bond donors (Lipinski definition) is 1. The van der Waals surface area contributed by atoms with Crippen LogP contribution in [0.2, 0.25) is 0 Å². The van der Waals surface area contributed by atoms with E-state index >= 15 is 0 Å². The van der Waals surface area contributed by atoms with Crippen molar-refractivity contribution < 1.29 is 5.11 Å². The first-order valence-corrected chi connectivity index (χ1v) is 4.76. The van der Waals surface area contributed by atoms with Crippen molar-refractivity contribution in [2.75, 3.05) is 13.1 Å². The molecule has 2 rings (SSSR count). The molecule has 3 heteroatoms. The van der Waals surface area contributed by atoms with E-state index in [4.69, 9.17) is 0 Å². The summed E-state index contributed by atoms with van der Waals surface area (Å²) in [5.41, 5.74) is 0.528. The summed E-state index contributed by atoms with van der Waals surface area (Å²) in [6.45, 7) is 2.40. The van der Waals surface area contributed by atoms with Crippen LogP contribution in [0.4, 0.5) is 0 Å². The van der Waals surface area contributed by atoms with Crippen molar-refractivity contribution in [3.63, 3.8) is 0 Å². The first-order valence-electron chi connectivity index (χ1n) is 3.79. The predicted molar refractivity (Wildman–Crippen MR) is 47.9 cm³/mol. The smallest absolute Gasteiger partial charge is 0.0546 e. The van der Waals surface area contributed by atoms with Gasteiger partial charge in [0, 0.05) is 36.0 Å². The van der Waals surface area contributed by atoms with Gasteiger partial charge < -0.3 is 5.11 Å². The summed E-state index contributed by atoms with van der Waals surface area (Å²) in [6, 6.07) is 0. The third-order valence-corrected chi connectivity index (χ3v) is 3.37. The van der Waals surface area contributed by atoms with Gasteiger partial charge in [0.1, 0.15) is 0 Å². The zero-order valence-corrected chi connectivity index (χ0v) is 8.04. The minimum atomic E-state index is 0.00472. The summed E-state index contributed by atoms with van der Waals surface area (Å²) >= 11 is 2.35. The van der Waals surface area contributed by atoms with Gasteiger partial charge in [-0.25, -0.2) is 3.11 Å². The molecule has 0 aromatic heterocycles. The first-order chi connectivity index (χ1) is 4.70. The monoisotopic (exact) mass is 253 g/mol. The lowest BCUT2D eigenvalue weighted by atomic mass is 9.80. The zero-order chi connectivity index (χ0) is 7.19. The summed E-state index contributed by atoms with van der Waals surface area (Å²) in [4.78, 5) is 0. The minimum absolute atomic E-state index is 0.00472. The highest BCUT2D eigenvalue weighted by molar-refractivity contribution is 14.1. The van der Waals surface area contributed by atoms with Gasteiger partial charge in [-0.05, 0) is 24.7 Å². The average molecular weight is 253 g/mol. The highest BCUT2D eigenvalue weighted by Crippen LogP contribution is 2.46. The van der Waals surface area contributed by atoms with Crippen LogP contribution in [-0.2, 0) is 0 Å². The van der Waals surface area contributed by atoms with Gasteiger partial charge in [-0.3, -0.25) is 0 Å². The molecule has 0 bridgehead atoms. The van der Waals surface area contributed by atoms with Crippen LogP contribution in [-0.4, -0.2) is 27.4 Å². The lowest BCUT2D eigenvalue weighted by Gasteiger charge is -2.44. The number of aliphatic hydroxyl groups excluding tert-OH is 1. The molecule has 58 valence electrons. The van der Waals surface area contributed by atoms with E-state index in [1.807, 2.05) is 0 Å². The van der Waals surface area contributed by atoms with Gasteiger partial charge in [0.15, 0.2) is 0 Å². The van der Waals surface area contributed by atoms with Crippen LogP contribution >= 0.6 is 22.9 Å². The Labute approximate surface area is 75.1 Å². The fraction of sp³-hybridized carbons (Fsp3) is 1.00. The van der Waals surface area contributed by atoms with Gasteiger partial charge in [0.25, 0.3) is 0 Å². The molecule has 1 unspecified atom stereocenters. The molecule has 2 aliphatic rings. The Morgan fingerprint density at radius 3 is 2.60 bits per heavy atom. The molecule has 1 spiro atoms. The van der Waals surface area contributed by atoms with Gasteiger partial charge >= 0.3 is 0 Å². The summed E-state index contributed by atoms with van der Waals surface area (Å²) < 4.78 is 2.30. The second-order valence-electron chi connectivity index (χ2n) is 3.68. The molecule has 1 atom stereocenters. The number of halogens is 1. The van der Waals surface area contributed by atoms with Crippen LogP contribution in [0.5, 0.6) is 0 Å². The normalized spacial score (nSPS) is 38.4. The van der Waals surface area contributed by atoms with Crippen LogP contribution in [0.3, 0.4) is 0 Å². The van der Waals surface area contributed by atoms with Crippen LogP contribution in [0.1, 0.15) is 19.3 Å². The van der Waals surface area contributed by atoms with Gasteiger partial charge in [-0.1, -0.05) is 0 Å². The lowest BCUT2D eigenvalue weighted by molar-refractivity contribution is 0.0787. The maximum atomic E-state index is 9.30. The number of rotatable bonds is 0. The van der Waals surface area contributed by atoms with Gasteiger partial charge in [0.05, 0.1) is 6.10 Å². The van der Waals surface area contributed by atoms with E-state index in [2.05, 4.69) is 26.0 Å². The summed E-state index contributed by atoms with van der Waals surface area (Å²) in [7, 11) is 0. The molecule has 2 nitrogen and oxygen atoms in total. The first kappa shape index (κ1) is 7.31. The zero-order valence-electron chi connectivity index (χ0n) is 5.89. The van der Waals surface area contributed by atoms with E-state index < -0.39 is 0 Å². The van der Waals surface area contributed by atoms with Crippen molar-refractivity contribution in [1.82, 2.24) is 3.11 Å². The molecule has 0 radical (unpaired) electrons. The third kappa shape index (κ3) is 1.08. The topological polar surface area (TPSA) is 23.5 Å². The fourth-order valence-corrected chi connectivity index (χ4v) is 3.59. The van der Waals surface area contributed by atoms with Gasteiger partial charge in [-0.2, -0.15) is 0 Å². The van der Waals surface area contributed by atoms with Crippen molar-refractivity contribution in [2.45, 2.75) is 25.4 Å². The van der Waals surface area contributed by atoms with E-state index in [9.17, 15) is 5.11 Å². The number of nitrogens with zero attached hydrogens (tertiary/aromatic N) is 1. The van der Waals surface area contributed by atoms with Crippen LogP contribution in [0, 0.1) is 5.41 Å². The molecule has 2 fully saturated rings. The molecule has 1 aliphatic carbocycles. The SMILES string of the molecule is OC1CCC2(C1)CN(I)C2. The van der Waals surface area contributed by atoms with Gasteiger partial charge in [-0.15, -0.1) is 0 Å². The summed E-state index contributed by atoms with van der Waals surface area (Å²) in [6.07, 6.45) is 3.33. The lowest BCUT2D eigenvalue weighted by Crippen LogP contribution is -2.49. The van der Waals surface area contributed by atoms with E-state index in [0.29, 0.717) is 5.41 Å². The minimum Gasteiger partial charge on any atom is -0.393 e. The molecule has 1 aliphatic heterocycles. The van der Waals surface area contributed by atoms with Crippen molar-refractivity contribution in [1.29, 1.82) is 0 Å². The molecular weight excluding hydrogens is 241 g/mol. The average Bonchev–Trinajstić information content (AvgIpc) is 2.10. The maximum Gasteiger partial charge on any atom is 0.0546 e. The molecule has 1 N–H and O–H groups in total. The van der Waals surface area contributed by atoms with Crippen molar-refractivity contribution in [2.24, 2.45) is 5.41 Å². The van der Waals surface area contributed by atoms with E-state index in [1.165, 1.54) is 19.5 Å². The summed E-state index contributed by atoms with van der Waals surface area (Å²) in [5.74, 6) is 0. The Morgan fingerprint density at radius 2 is 2.20 bits per heavy atom. The number of hydrogen-bond acceptors (Lipinski definition) is 2. The molecular formula is C7H12INO. The standard InChI is InChI=1S/C7H12INO/c8-9-4-7(5-9)2-1-6(10)3-7/h6,10H,1-5H2. The molecule has 0 aromatic carbocycles. The molecule has 0 aromatic rings. The Bertz CT molecular complexity index is 139. The molecule has 1 saturated carbocycles. The Balaban J connectivity index is 1.95. The third-order valence-electron chi connectivity index (χ3n) is 2.69. The van der Waals surface area contributed by atoms with E-state index in [1.54, 1.807) is 0 Å². The second-order valence-corrected chi connectivity index (χ2v) is 5.04. The number of aliphatic hydroxyl groups is 1. The van der Waals surface area contributed by atoms with Crippen LogP contribution in [0.15, 0.2) is 0 Å². The second kappa shape index (κ2) is 2.32. The maximum absolute atomic E-state index is 9.30. The highest BCUT2D eigenvalue weighted by atomic mass is 127. The largest absolute Gasteiger partial charge is 0.393 e. The van der Waals surface area contributed by atoms with Crippen LogP contribution < -0.4 is 0 Å². The molecule has 10 heavy (non-hydrogen) atoms. The highest BCUT2D eigenvalue weighted by Gasteiger charge is 2.46. The summed E-state index contributed by atoms with van der Waals surface area (Å²) in [5, 5.41) is 9.30. The Kier molecular flexibility index (Phi) is 1.69. The van der Waals surface area contributed by atoms with Crippen molar-refractivity contribution in [3.8, 4) is 0 Å². The Hall–Kier alpha value is 0.650. The van der Waals surface area contributed by atoms with E-state index in [0.717, 1.165) is 12.8 Å². The molecule has 1 heterocycles. The molecule has 1 saturated heterocycles. The van der Waals surface area contributed by atoms with Crippen LogP contribution in [0.25, 0.3) is 0 Å². The Morgan fingerprint density at radius 1 is 1.50 bits per heavy atom. The van der Waals surface area contributed by atoms with Crippen molar-refractivity contribution >= 4 is 22.9 Å². The van der Waals surface area contributed by atoms with Gasteiger partial charge in [0.2, 0.25) is 0 Å². The van der Waals surface area contributed by atoms with E-state index in [-0.39, 0.29) is 6.10 Å². The molecule has 0 amide bonds. The van der Waals surface area contributed by atoms with Crippen molar-refractivity contribution in [3.05, 3.63) is 0 Å². The quantitative estimate of drug-likeness (QED) is 0.517. The predicted octanol–water partition coefficient (Wildman–Crippen LogP) is 1.18. The fourth-order valence-electron chi connectivity index (χ4n) is 2.15.